The van der Waals surface area contributed by atoms with Crippen LogP contribution in [-0.4, -0.2) is 30.2 Å². The summed E-state index contributed by atoms with van der Waals surface area (Å²) in [7, 11) is 0. The first-order valence-corrected chi connectivity index (χ1v) is 4.05. The highest BCUT2D eigenvalue weighted by Gasteiger charge is 2.32. The summed E-state index contributed by atoms with van der Waals surface area (Å²) in [6, 6.07) is 0. The molecular weight excluding hydrogens is 129 g/mol. The molecule has 10 heavy (non-hydrogen) atoms. The predicted molar refractivity (Wildman–Crippen MR) is 40.9 cm³/mol. The molecule has 0 bridgehead atoms. The van der Waals surface area contributed by atoms with Crippen LogP contribution in [0.2, 0.25) is 0 Å². The summed E-state index contributed by atoms with van der Waals surface area (Å²) in [5.74, 6) is 0. The van der Waals surface area contributed by atoms with Crippen molar-refractivity contribution >= 4 is 0 Å². The summed E-state index contributed by atoms with van der Waals surface area (Å²) >= 11 is 0. The molecule has 1 unspecified atom stereocenters. The molecule has 1 aliphatic rings. The van der Waals surface area contributed by atoms with Gasteiger partial charge in [-0.15, -0.1) is 0 Å². The van der Waals surface area contributed by atoms with E-state index in [1.807, 2.05) is 0 Å². The first-order valence-electron chi connectivity index (χ1n) is 4.05. The number of hydrogen-bond acceptors (Lipinski definition) is 1. The Balaban J connectivity index is 2.29. The Morgan fingerprint density at radius 3 is 2.70 bits per heavy atom. The van der Waals surface area contributed by atoms with E-state index in [-0.39, 0.29) is 0 Å². The van der Waals surface area contributed by atoms with Crippen LogP contribution in [0.15, 0.2) is 0 Å². The lowest BCUT2D eigenvalue weighted by molar-refractivity contribution is 0.189. The zero-order valence-electron chi connectivity index (χ0n) is 6.86. The third kappa shape index (κ3) is 1.94. The molecule has 2 heteroatoms. The van der Waals surface area contributed by atoms with Gasteiger partial charge in [0.2, 0.25) is 0 Å². The van der Waals surface area contributed by atoms with Crippen molar-refractivity contribution in [3.05, 3.63) is 0 Å². The van der Waals surface area contributed by atoms with Crippen LogP contribution in [0.4, 0.5) is 4.39 Å². The molecule has 1 atom stereocenters. The van der Waals surface area contributed by atoms with E-state index in [0.29, 0.717) is 13.0 Å². The summed E-state index contributed by atoms with van der Waals surface area (Å²) in [5.41, 5.74) is -0.908. The highest BCUT2D eigenvalue weighted by atomic mass is 19.1. The van der Waals surface area contributed by atoms with Gasteiger partial charge < -0.3 is 4.90 Å². The molecule has 1 aliphatic heterocycles. The average molecular weight is 145 g/mol. The van der Waals surface area contributed by atoms with Gasteiger partial charge in [-0.05, 0) is 26.3 Å². The second-order valence-corrected chi connectivity index (χ2v) is 3.44. The molecule has 0 amide bonds. The first-order chi connectivity index (χ1) is 4.64. The van der Waals surface area contributed by atoms with Crippen molar-refractivity contribution in [2.24, 2.45) is 0 Å². The number of alkyl halides is 1. The van der Waals surface area contributed by atoms with E-state index >= 15 is 0 Å². The van der Waals surface area contributed by atoms with Crippen molar-refractivity contribution in [1.29, 1.82) is 0 Å². The number of likely N-dealkylation sites (tertiary alicyclic amines) is 1. The summed E-state index contributed by atoms with van der Waals surface area (Å²) < 4.78 is 13.1. The predicted octanol–water partition coefficient (Wildman–Crippen LogP) is 1.83. The molecule has 1 saturated heterocycles. The summed E-state index contributed by atoms with van der Waals surface area (Å²) in [6.45, 7) is 6.47. The van der Waals surface area contributed by atoms with Crippen molar-refractivity contribution in [3.8, 4) is 0 Å². The van der Waals surface area contributed by atoms with Crippen LogP contribution in [0.5, 0.6) is 0 Å². The Bertz CT molecular complexity index is 112. The van der Waals surface area contributed by atoms with Gasteiger partial charge in [0.05, 0.1) is 0 Å². The molecule has 0 aliphatic carbocycles. The third-order valence-corrected chi connectivity index (χ3v) is 2.04. The van der Waals surface area contributed by atoms with E-state index < -0.39 is 5.67 Å². The maximum absolute atomic E-state index is 13.1. The zero-order chi connectivity index (χ0) is 7.61. The topological polar surface area (TPSA) is 3.24 Å². The molecule has 0 spiro atoms. The van der Waals surface area contributed by atoms with Gasteiger partial charge >= 0.3 is 0 Å². The Morgan fingerprint density at radius 1 is 1.60 bits per heavy atom. The molecule has 0 N–H and O–H groups in total. The van der Waals surface area contributed by atoms with Crippen LogP contribution in [0.3, 0.4) is 0 Å². The van der Waals surface area contributed by atoms with Crippen molar-refractivity contribution in [1.82, 2.24) is 4.90 Å². The van der Waals surface area contributed by atoms with Crippen molar-refractivity contribution in [2.75, 3.05) is 19.6 Å². The van der Waals surface area contributed by atoms with Crippen molar-refractivity contribution < 1.29 is 4.39 Å². The van der Waals surface area contributed by atoms with Crippen LogP contribution < -0.4 is 0 Å². The summed E-state index contributed by atoms with van der Waals surface area (Å²) in [5, 5.41) is 0. The van der Waals surface area contributed by atoms with E-state index in [9.17, 15) is 4.39 Å². The van der Waals surface area contributed by atoms with Gasteiger partial charge in [-0.25, -0.2) is 4.39 Å². The fraction of sp³-hybridized carbons (Fsp3) is 1.00. The van der Waals surface area contributed by atoms with E-state index in [1.165, 1.54) is 0 Å². The number of nitrogens with zero attached hydrogens (tertiary/aromatic N) is 1. The summed E-state index contributed by atoms with van der Waals surface area (Å²) in [6.07, 6.45) is 1.85. The highest BCUT2D eigenvalue weighted by Crippen LogP contribution is 2.24. The lowest BCUT2D eigenvalue weighted by atomic mass is 10.1. The molecule has 1 rings (SSSR count). The van der Waals surface area contributed by atoms with E-state index in [1.54, 1.807) is 6.92 Å². The SMILES string of the molecule is CCCN1CCC(C)(F)C1. The lowest BCUT2D eigenvalue weighted by Gasteiger charge is -2.15. The number of halogens is 1. The standard InChI is InChI=1S/C8H16FN/c1-3-5-10-6-4-8(2,9)7-10/h3-7H2,1-2H3. The van der Waals surface area contributed by atoms with E-state index in [4.69, 9.17) is 0 Å². The van der Waals surface area contributed by atoms with E-state index in [0.717, 1.165) is 19.5 Å². The van der Waals surface area contributed by atoms with Crippen LogP contribution in [0.1, 0.15) is 26.7 Å². The minimum Gasteiger partial charge on any atom is -0.300 e. The molecule has 1 heterocycles. The van der Waals surface area contributed by atoms with Crippen molar-refractivity contribution in [3.63, 3.8) is 0 Å². The zero-order valence-corrected chi connectivity index (χ0v) is 6.86. The van der Waals surface area contributed by atoms with E-state index in [2.05, 4.69) is 11.8 Å². The smallest absolute Gasteiger partial charge is 0.122 e. The van der Waals surface area contributed by atoms with Gasteiger partial charge in [-0.3, -0.25) is 0 Å². The van der Waals surface area contributed by atoms with Gasteiger partial charge in [-0.2, -0.15) is 0 Å². The summed E-state index contributed by atoms with van der Waals surface area (Å²) in [4.78, 5) is 2.19. The number of rotatable bonds is 2. The monoisotopic (exact) mass is 145 g/mol. The van der Waals surface area contributed by atoms with Gasteiger partial charge in [0, 0.05) is 13.1 Å². The van der Waals surface area contributed by atoms with Gasteiger partial charge in [0.25, 0.3) is 0 Å². The maximum atomic E-state index is 13.1. The molecule has 0 aromatic rings. The maximum Gasteiger partial charge on any atom is 0.122 e. The van der Waals surface area contributed by atoms with Gasteiger partial charge in [-0.1, -0.05) is 6.92 Å². The highest BCUT2D eigenvalue weighted by molar-refractivity contribution is 4.85. The van der Waals surface area contributed by atoms with Gasteiger partial charge in [0.15, 0.2) is 0 Å². The van der Waals surface area contributed by atoms with Crippen LogP contribution in [0, 0.1) is 0 Å². The molecule has 0 aromatic carbocycles. The largest absolute Gasteiger partial charge is 0.300 e. The molecule has 0 radical (unpaired) electrons. The van der Waals surface area contributed by atoms with Gasteiger partial charge in [0.1, 0.15) is 5.67 Å². The quantitative estimate of drug-likeness (QED) is 0.573. The fourth-order valence-electron chi connectivity index (χ4n) is 1.52. The minimum atomic E-state index is -0.908. The van der Waals surface area contributed by atoms with Crippen LogP contribution in [0.25, 0.3) is 0 Å². The lowest BCUT2D eigenvalue weighted by Crippen LogP contribution is -2.26. The molecule has 0 saturated carbocycles. The molecular formula is C8H16FN. The molecule has 60 valence electrons. The van der Waals surface area contributed by atoms with Crippen LogP contribution in [-0.2, 0) is 0 Å². The van der Waals surface area contributed by atoms with Crippen molar-refractivity contribution in [2.45, 2.75) is 32.4 Å². The Kier molecular flexibility index (Phi) is 2.29. The van der Waals surface area contributed by atoms with Crippen LogP contribution >= 0.6 is 0 Å². The third-order valence-electron chi connectivity index (χ3n) is 2.04. The molecule has 1 fully saturated rings. The normalized spacial score (nSPS) is 35.1. The number of hydrogen-bond donors (Lipinski definition) is 0. The Labute approximate surface area is 62.2 Å². The Hall–Kier alpha value is -0.110. The fourth-order valence-corrected chi connectivity index (χ4v) is 1.52. The minimum absolute atomic E-state index is 0.640. The second kappa shape index (κ2) is 2.87. The molecule has 1 nitrogen and oxygen atoms in total. The second-order valence-electron chi connectivity index (χ2n) is 3.44. The Morgan fingerprint density at radius 2 is 2.30 bits per heavy atom. The molecule has 0 aromatic heterocycles. The first kappa shape index (κ1) is 7.99. The average Bonchev–Trinajstić information content (AvgIpc) is 2.12.